The number of hydrogen-bond acceptors (Lipinski definition) is 4. The lowest BCUT2D eigenvalue weighted by atomic mass is 10.2. The number of rotatable bonds is 6. The predicted molar refractivity (Wildman–Crippen MR) is 78.2 cm³/mol. The summed E-state index contributed by atoms with van der Waals surface area (Å²) in [6.07, 6.45) is 3.72. The van der Waals surface area contributed by atoms with Crippen LogP contribution in [0.5, 0.6) is 0 Å². The van der Waals surface area contributed by atoms with Gasteiger partial charge in [-0.25, -0.2) is 4.98 Å². The SMILES string of the molecule is COCCn1ccnc1Nc1ccc(N(C)C)cc1. The number of anilines is 3. The summed E-state index contributed by atoms with van der Waals surface area (Å²) in [4.78, 5) is 6.38. The molecule has 102 valence electrons. The van der Waals surface area contributed by atoms with Gasteiger partial charge in [0.25, 0.3) is 0 Å². The second-order valence-electron chi connectivity index (χ2n) is 4.50. The molecule has 0 aliphatic heterocycles. The van der Waals surface area contributed by atoms with Crippen molar-refractivity contribution in [2.45, 2.75) is 6.54 Å². The third kappa shape index (κ3) is 3.48. The molecule has 0 aliphatic carbocycles. The van der Waals surface area contributed by atoms with E-state index in [0.29, 0.717) is 6.61 Å². The van der Waals surface area contributed by atoms with Gasteiger partial charge in [-0.15, -0.1) is 0 Å². The molecule has 0 aliphatic rings. The van der Waals surface area contributed by atoms with Gasteiger partial charge in [0.2, 0.25) is 5.95 Å². The maximum atomic E-state index is 5.08. The number of benzene rings is 1. The number of nitrogens with zero attached hydrogens (tertiary/aromatic N) is 3. The fourth-order valence-electron chi connectivity index (χ4n) is 1.78. The number of methoxy groups -OCH3 is 1. The van der Waals surface area contributed by atoms with Gasteiger partial charge in [0.05, 0.1) is 6.61 Å². The van der Waals surface area contributed by atoms with E-state index in [9.17, 15) is 0 Å². The fourth-order valence-corrected chi connectivity index (χ4v) is 1.78. The first-order valence-corrected chi connectivity index (χ1v) is 6.25. The van der Waals surface area contributed by atoms with Gasteiger partial charge in [-0.05, 0) is 24.3 Å². The summed E-state index contributed by atoms with van der Waals surface area (Å²) in [5.41, 5.74) is 2.20. The Hall–Kier alpha value is -2.01. The molecule has 1 N–H and O–H groups in total. The fraction of sp³-hybridized carbons (Fsp3) is 0.357. The van der Waals surface area contributed by atoms with Crippen molar-refractivity contribution in [3.63, 3.8) is 0 Å². The first-order chi connectivity index (χ1) is 9.20. The summed E-state index contributed by atoms with van der Waals surface area (Å²) < 4.78 is 7.11. The number of aromatic nitrogens is 2. The molecule has 0 saturated heterocycles. The number of nitrogens with one attached hydrogen (secondary N) is 1. The molecule has 19 heavy (non-hydrogen) atoms. The quantitative estimate of drug-likeness (QED) is 0.865. The van der Waals surface area contributed by atoms with Gasteiger partial charge in [-0.3, -0.25) is 0 Å². The predicted octanol–water partition coefficient (Wildman–Crippen LogP) is 2.34. The minimum Gasteiger partial charge on any atom is -0.383 e. The number of imidazole rings is 1. The van der Waals surface area contributed by atoms with E-state index in [-0.39, 0.29) is 0 Å². The van der Waals surface area contributed by atoms with Crippen LogP contribution in [0.1, 0.15) is 0 Å². The molecule has 0 bridgehead atoms. The molecule has 1 aromatic heterocycles. The highest BCUT2D eigenvalue weighted by molar-refractivity contribution is 5.59. The molecule has 0 spiro atoms. The molecule has 0 unspecified atom stereocenters. The first kappa shape index (κ1) is 13.4. The zero-order chi connectivity index (χ0) is 13.7. The summed E-state index contributed by atoms with van der Waals surface area (Å²) in [6.45, 7) is 1.46. The van der Waals surface area contributed by atoms with Gasteiger partial charge in [0.1, 0.15) is 0 Å². The van der Waals surface area contributed by atoms with Gasteiger partial charge in [0, 0.05) is 51.5 Å². The van der Waals surface area contributed by atoms with E-state index in [1.54, 1.807) is 13.3 Å². The van der Waals surface area contributed by atoms with Gasteiger partial charge in [0.15, 0.2) is 0 Å². The molecule has 2 rings (SSSR count). The van der Waals surface area contributed by atoms with E-state index in [1.165, 1.54) is 5.69 Å². The largest absolute Gasteiger partial charge is 0.383 e. The minimum atomic E-state index is 0.671. The second kappa shape index (κ2) is 6.24. The molecule has 0 amide bonds. The molecule has 0 fully saturated rings. The van der Waals surface area contributed by atoms with Crippen LogP contribution in [0.3, 0.4) is 0 Å². The van der Waals surface area contributed by atoms with Crippen molar-refractivity contribution in [3.05, 3.63) is 36.7 Å². The van der Waals surface area contributed by atoms with Crippen molar-refractivity contribution in [1.82, 2.24) is 9.55 Å². The third-order valence-electron chi connectivity index (χ3n) is 2.89. The van der Waals surface area contributed by atoms with Crippen molar-refractivity contribution in [2.24, 2.45) is 0 Å². The normalized spacial score (nSPS) is 10.5. The standard InChI is InChI=1S/C14H20N4O/c1-17(2)13-6-4-12(5-7-13)16-14-15-8-9-18(14)10-11-19-3/h4-9H,10-11H2,1-3H3,(H,15,16). The van der Waals surface area contributed by atoms with Crippen molar-refractivity contribution in [2.75, 3.05) is 38.0 Å². The minimum absolute atomic E-state index is 0.671. The van der Waals surface area contributed by atoms with Crippen molar-refractivity contribution >= 4 is 17.3 Å². The molecule has 0 saturated carbocycles. The number of ether oxygens (including phenoxy) is 1. The molecule has 5 nitrogen and oxygen atoms in total. The van der Waals surface area contributed by atoms with Crippen LogP contribution in [0.25, 0.3) is 0 Å². The van der Waals surface area contributed by atoms with Crippen molar-refractivity contribution in [3.8, 4) is 0 Å². The van der Waals surface area contributed by atoms with Crippen molar-refractivity contribution in [1.29, 1.82) is 0 Å². The maximum Gasteiger partial charge on any atom is 0.207 e. The Labute approximate surface area is 113 Å². The lowest BCUT2D eigenvalue weighted by Crippen LogP contribution is -2.09. The summed E-state index contributed by atoms with van der Waals surface area (Å²) in [6, 6.07) is 8.24. The van der Waals surface area contributed by atoms with E-state index in [4.69, 9.17) is 4.74 Å². The Bertz CT molecular complexity index is 504. The molecular formula is C14H20N4O. The molecule has 5 heteroatoms. The van der Waals surface area contributed by atoms with Crippen LogP contribution in [-0.4, -0.2) is 37.4 Å². The molecule has 0 radical (unpaired) electrons. The highest BCUT2D eigenvalue weighted by Crippen LogP contribution is 2.19. The van der Waals surface area contributed by atoms with Crippen LogP contribution in [0.15, 0.2) is 36.7 Å². The van der Waals surface area contributed by atoms with Gasteiger partial charge in [-0.1, -0.05) is 0 Å². The molecular weight excluding hydrogens is 240 g/mol. The summed E-state index contributed by atoms with van der Waals surface area (Å²) in [5, 5.41) is 3.31. The Morgan fingerprint density at radius 2 is 2.00 bits per heavy atom. The average Bonchev–Trinajstić information content (AvgIpc) is 2.84. The summed E-state index contributed by atoms with van der Waals surface area (Å²) in [7, 11) is 5.75. The van der Waals surface area contributed by atoms with Crippen LogP contribution >= 0.6 is 0 Å². The maximum absolute atomic E-state index is 5.08. The zero-order valence-corrected chi connectivity index (χ0v) is 11.6. The van der Waals surface area contributed by atoms with E-state index in [0.717, 1.165) is 18.2 Å². The van der Waals surface area contributed by atoms with Crippen LogP contribution in [0, 0.1) is 0 Å². The van der Waals surface area contributed by atoms with E-state index < -0.39 is 0 Å². The number of hydrogen-bond donors (Lipinski definition) is 1. The van der Waals surface area contributed by atoms with Gasteiger partial charge < -0.3 is 19.5 Å². The highest BCUT2D eigenvalue weighted by atomic mass is 16.5. The summed E-state index contributed by atoms with van der Waals surface area (Å²) in [5.74, 6) is 0.828. The molecule has 0 atom stereocenters. The van der Waals surface area contributed by atoms with Crippen molar-refractivity contribution < 1.29 is 4.74 Å². The van der Waals surface area contributed by atoms with E-state index in [2.05, 4.69) is 27.3 Å². The van der Waals surface area contributed by atoms with Crippen LogP contribution in [-0.2, 0) is 11.3 Å². The lowest BCUT2D eigenvalue weighted by molar-refractivity contribution is 0.188. The summed E-state index contributed by atoms with van der Waals surface area (Å²) >= 11 is 0. The molecule has 1 aromatic carbocycles. The Morgan fingerprint density at radius 1 is 1.26 bits per heavy atom. The van der Waals surface area contributed by atoms with E-state index >= 15 is 0 Å². The van der Waals surface area contributed by atoms with Crippen LogP contribution in [0.4, 0.5) is 17.3 Å². The monoisotopic (exact) mass is 260 g/mol. The third-order valence-corrected chi connectivity index (χ3v) is 2.89. The smallest absolute Gasteiger partial charge is 0.207 e. The van der Waals surface area contributed by atoms with Crippen LogP contribution < -0.4 is 10.2 Å². The Balaban J connectivity index is 2.06. The topological polar surface area (TPSA) is 42.3 Å². The van der Waals surface area contributed by atoms with Gasteiger partial charge >= 0.3 is 0 Å². The highest BCUT2D eigenvalue weighted by Gasteiger charge is 2.03. The van der Waals surface area contributed by atoms with Gasteiger partial charge in [-0.2, -0.15) is 0 Å². The van der Waals surface area contributed by atoms with E-state index in [1.807, 2.05) is 37.0 Å². The lowest BCUT2D eigenvalue weighted by Gasteiger charge is -2.13. The average molecular weight is 260 g/mol. The van der Waals surface area contributed by atoms with Crippen LogP contribution in [0.2, 0.25) is 0 Å². The first-order valence-electron chi connectivity index (χ1n) is 6.25. The molecule has 2 aromatic rings. The Morgan fingerprint density at radius 3 is 2.63 bits per heavy atom. The zero-order valence-electron chi connectivity index (χ0n) is 11.6. The Kier molecular flexibility index (Phi) is 4.41. The molecule has 1 heterocycles. The second-order valence-corrected chi connectivity index (χ2v) is 4.50.